The van der Waals surface area contributed by atoms with Gasteiger partial charge in [-0.25, -0.2) is 4.79 Å². The molecule has 3 N–H and O–H groups in total. The lowest BCUT2D eigenvalue weighted by Gasteiger charge is -2.60. The molecule has 0 spiro atoms. The van der Waals surface area contributed by atoms with Crippen LogP contribution in [0.5, 0.6) is 5.75 Å². The topological polar surface area (TPSA) is 88.5 Å². The number of rotatable bonds is 5. The summed E-state index contributed by atoms with van der Waals surface area (Å²) in [5.74, 6) is 7.29. The van der Waals surface area contributed by atoms with Crippen LogP contribution in [0.4, 0.5) is 10.5 Å². The predicted molar refractivity (Wildman–Crippen MR) is 165 cm³/mol. The average molecular weight is 569 g/mol. The van der Waals surface area contributed by atoms with Gasteiger partial charge in [0.1, 0.15) is 17.5 Å². The smallest absolute Gasteiger partial charge is 0.321 e. The molecule has 0 radical (unpaired) electrons. The molecule has 5 rings (SSSR count). The number of nitrogens with one attached hydrogen (secondary N) is 1. The molecule has 220 valence electrons. The zero-order valence-corrected chi connectivity index (χ0v) is 24.7. The fourth-order valence-corrected chi connectivity index (χ4v) is 5.98. The van der Waals surface area contributed by atoms with E-state index in [-0.39, 0.29) is 30.6 Å². The van der Waals surface area contributed by atoms with Gasteiger partial charge in [-0.3, -0.25) is 4.90 Å². The van der Waals surface area contributed by atoms with E-state index >= 15 is 0 Å². The first-order chi connectivity index (χ1) is 20.1. The summed E-state index contributed by atoms with van der Waals surface area (Å²) in [7, 11) is 5.67. The zero-order chi connectivity index (χ0) is 29.9. The number of anilines is 1. The first kappa shape index (κ1) is 29.6. The van der Waals surface area contributed by atoms with Gasteiger partial charge in [0.2, 0.25) is 0 Å². The van der Waals surface area contributed by atoms with Crippen LogP contribution < -0.4 is 10.1 Å². The van der Waals surface area contributed by atoms with Crippen LogP contribution in [0.25, 0.3) is 0 Å². The third kappa shape index (κ3) is 6.61. The third-order valence-corrected chi connectivity index (χ3v) is 8.30. The second-order valence-corrected chi connectivity index (χ2v) is 11.8. The Kier molecular flexibility index (Phi) is 8.85. The summed E-state index contributed by atoms with van der Waals surface area (Å²) in [6, 6.07) is 25.2. The van der Waals surface area contributed by atoms with Gasteiger partial charge in [0.25, 0.3) is 0 Å². The highest BCUT2D eigenvalue weighted by molar-refractivity contribution is 5.89. The molecule has 2 aliphatic rings. The molecule has 0 saturated carbocycles. The molecule has 0 unspecified atom stereocenters. The fraction of sp³-hybridized carbons (Fsp3) is 0.382. The van der Waals surface area contributed by atoms with Crippen LogP contribution in [-0.4, -0.2) is 102 Å². The highest BCUT2D eigenvalue weighted by atomic mass is 16.5. The van der Waals surface area contributed by atoms with Crippen LogP contribution in [0.1, 0.15) is 29.5 Å². The quantitative estimate of drug-likeness (QED) is 0.409. The van der Waals surface area contributed by atoms with Gasteiger partial charge in [-0.2, -0.15) is 0 Å². The number of aliphatic hydroxyl groups excluding tert-OH is 1. The molecule has 0 bridgehead atoms. The number of likely N-dealkylation sites (N-methyl/N-ethyl adjacent to an activating group) is 1. The number of hydrogen-bond donors (Lipinski definition) is 3. The predicted octanol–water partition coefficient (Wildman–Crippen LogP) is 3.45. The van der Waals surface area contributed by atoms with Crippen molar-refractivity contribution in [1.82, 2.24) is 14.7 Å². The van der Waals surface area contributed by atoms with Crippen LogP contribution >= 0.6 is 0 Å². The molecule has 2 fully saturated rings. The molecule has 2 saturated heterocycles. The summed E-state index contributed by atoms with van der Waals surface area (Å²) in [6.07, 6.45) is -1.10. The monoisotopic (exact) mass is 568 g/mol. The SMILES string of the molecule is COc1ccc(NC(=O)N2C[C@H]3[C@@H](c4ccc(C#Cc5ccccc5)cc4)[C@@H](CN(C)C)N3C[C@](C)(O)[C@@H](O)C2)cc1. The van der Waals surface area contributed by atoms with Crippen LogP contribution in [0, 0.1) is 11.8 Å². The molecule has 3 aromatic carbocycles. The number of aliphatic hydroxyl groups is 2. The molecule has 5 atom stereocenters. The molecule has 8 heteroatoms. The van der Waals surface area contributed by atoms with Crippen molar-refractivity contribution in [2.45, 2.75) is 36.6 Å². The summed E-state index contributed by atoms with van der Waals surface area (Å²) < 4.78 is 5.22. The van der Waals surface area contributed by atoms with E-state index in [4.69, 9.17) is 4.74 Å². The molecular weight excluding hydrogens is 528 g/mol. The first-order valence-corrected chi connectivity index (χ1v) is 14.3. The van der Waals surface area contributed by atoms with Gasteiger partial charge in [0, 0.05) is 54.5 Å². The Bertz CT molecular complexity index is 1410. The number of methoxy groups -OCH3 is 1. The number of carbonyl (C=O) groups is 1. The lowest BCUT2D eigenvalue weighted by molar-refractivity contribution is -0.148. The maximum atomic E-state index is 13.5. The third-order valence-electron chi connectivity index (χ3n) is 8.30. The van der Waals surface area contributed by atoms with Crippen molar-refractivity contribution in [2.24, 2.45) is 0 Å². The summed E-state index contributed by atoms with van der Waals surface area (Å²) in [6.45, 7) is 3.20. The molecule has 2 aliphatic heterocycles. The first-order valence-electron chi connectivity index (χ1n) is 14.3. The van der Waals surface area contributed by atoms with E-state index in [1.54, 1.807) is 43.2 Å². The number of β-amino-alcohol motifs (C(OH)–C–C–N with tert-alkyl or cyclic N) is 1. The van der Waals surface area contributed by atoms with Gasteiger partial charge in [-0.15, -0.1) is 0 Å². The van der Waals surface area contributed by atoms with E-state index in [0.29, 0.717) is 24.5 Å². The number of benzene rings is 3. The van der Waals surface area contributed by atoms with E-state index in [1.807, 2.05) is 44.4 Å². The molecular formula is C34H40N4O4. The highest BCUT2D eigenvalue weighted by Gasteiger charge is 2.54. The van der Waals surface area contributed by atoms with E-state index in [0.717, 1.165) is 17.7 Å². The van der Waals surface area contributed by atoms with Crippen LogP contribution in [0.3, 0.4) is 0 Å². The second kappa shape index (κ2) is 12.6. The number of fused-ring (bicyclic) bond motifs is 1. The van der Waals surface area contributed by atoms with Crippen molar-refractivity contribution < 1.29 is 19.7 Å². The van der Waals surface area contributed by atoms with Crippen LogP contribution in [-0.2, 0) is 0 Å². The lowest BCUT2D eigenvalue weighted by Crippen LogP contribution is -2.73. The van der Waals surface area contributed by atoms with Gasteiger partial charge in [0.15, 0.2) is 0 Å². The average Bonchev–Trinajstić information content (AvgIpc) is 2.98. The van der Waals surface area contributed by atoms with Crippen LogP contribution in [0.2, 0.25) is 0 Å². The van der Waals surface area contributed by atoms with Gasteiger partial charge >= 0.3 is 6.03 Å². The largest absolute Gasteiger partial charge is 0.497 e. The number of urea groups is 1. The molecule has 0 aromatic heterocycles. The van der Waals surface area contributed by atoms with E-state index in [9.17, 15) is 15.0 Å². The second-order valence-electron chi connectivity index (χ2n) is 11.8. The van der Waals surface area contributed by atoms with Crippen molar-refractivity contribution in [1.29, 1.82) is 0 Å². The Hall–Kier alpha value is -3.87. The number of amides is 2. The molecule has 2 heterocycles. The van der Waals surface area contributed by atoms with E-state index in [2.05, 4.69) is 51.2 Å². The van der Waals surface area contributed by atoms with Crippen molar-refractivity contribution >= 4 is 11.7 Å². The Balaban J connectivity index is 1.40. The van der Waals surface area contributed by atoms with E-state index < -0.39 is 11.7 Å². The minimum Gasteiger partial charge on any atom is -0.497 e. The maximum Gasteiger partial charge on any atom is 0.321 e. The van der Waals surface area contributed by atoms with Gasteiger partial charge in [-0.1, -0.05) is 42.2 Å². The van der Waals surface area contributed by atoms with Crippen molar-refractivity contribution in [3.63, 3.8) is 0 Å². The molecule has 2 amide bonds. The number of ether oxygens (including phenoxy) is 1. The zero-order valence-electron chi connectivity index (χ0n) is 24.7. The van der Waals surface area contributed by atoms with Crippen molar-refractivity contribution in [2.75, 3.05) is 52.7 Å². The maximum absolute atomic E-state index is 13.5. The highest BCUT2D eigenvalue weighted by Crippen LogP contribution is 2.43. The number of nitrogens with zero attached hydrogens (tertiary/aromatic N) is 3. The lowest BCUT2D eigenvalue weighted by atomic mass is 9.72. The summed E-state index contributed by atoms with van der Waals surface area (Å²) in [5, 5.41) is 25.3. The molecule has 3 aromatic rings. The van der Waals surface area contributed by atoms with E-state index in [1.165, 1.54) is 5.56 Å². The Morgan fingerprint density at radius 1 is 1.00 bits per heavy atom. The standard InChI is InChI=1S/C34H40N4O4/c1-34(41)23-38-29(20-36(2)3)32(26-14-12-25(13-15-26)11-10-24-8-6-5-7-9-24)30(38)21-37(22-31(34)39)33(40)35-27-16-18-28(42-4)19-17-27/h5-9,12-19,29-32,39,41H,20-23H2,1-4H3,(H,35,40)/t29-,30+,31+,32+,34+/m1/s1. The number of hydrogen-bond acceptors (Lipinski definition) is 6. The summed E-state index contributed by atoms with van der Waals surface area (Å²) in [4.78, 5) is 19.5. The minimum atomic E-state index is -1.39. The summed E-state index contributed by atoms with van der Waals surface area (Å²) in [5.41, 5.74) is 2.32. The van der Waals surface area contributed by atoms with Gasteiger partial charge in [-0.05, 0) is 75.1 Å². The Morgan fingerprint density at radius 3 is 2.26 bits per heavy atom. The normalized spacial score (nSPS) is 25.7. The molecule has 42 heavy (non-hydrogen) atoms. The molecule has 8 nitrogen and oxygen atoms in total. The fourth-order valence-electron chi connectivity index (χ4n) is 5.98. The number of carbonyl (C=O) groups excluding carboxylic acids is 1. The van der Waals surface area contributed by atoms with Crippen molar-refractivity contribution in [3.8, 4) is 17.6 Å². The Morgan fingerprint density at radius 2 is 1.64 bits per heavy atom. The van der Waals surface area contributed by atoms with Crippen molar-refractivity contribution in [3.05, 3.63) is 95.6 Å². The van der Waals surface area contributed by atoms with Crippen LogP contribution in [0.15, 0.2) is 78.9 Å². The Labute approximate surface area is 248 Å². The molecule has 0 aliphatic carbocycles. The van der Waals surface area contributed by atoms with Gasteiger partial charge in [0.05, 0.1) is 13.7 Å². The summed E-state index contributed by atoms with van der Waals surface area (Å²) >= 11 is 0. The van der Waals surface area contributed by atoms with Gasteiger partial charge < -0.3 is 30.1 Å². The minimum absolute atomic E-state index is 0.0262.